The summed E-state index contributed by atoms with van der Waals surface area (Å²) in [5, 5.41) is -0.111. The lowest BCUT2D eigenvalue weighted by molar-refractivity contribution is -0.151. The summed E-state index contributed by atoms with van der Waals surface area (Å²) in [6, 6.07) is -0.441. The summed E-state index contributed by atoms with van der Waals surface area (Å²) in [6.07, 6.45) is 4.71. The van der Waals surface area contributed by atoms with Gasteiger partial charge in [-0.15, -0.1) is 23.4 Å². The SMILES string of the molecule is C=C(C)C1CCC(Cl)[C@H]([C@@H](C(=O)OC)N2CCC(SC)=C(CCOP(=O)(OC(C)C)OC(C)C)C2)C1C. The number of phosphoric acid groups is 1. The molecule has 37 heavy (non-hydrogen) atoms. The fourth-order valence-electron chi connectivity index (χ4n) is 5.66. The van der Waals surface area contributed by atoms with Crippen LogP contribution in [0.4, 0.5) is 0 Å². The van der Waals surface area contributed by atoms with Gasteiger partial charge in [-0.1, -0.05) is 19.1 Å². The molecule has 0 aromatic heterocycles. The highest BCUT2D eigenvalue weighted by Crippen LogP contribution is 2.52. The molecular weight excluding hydrogens is 533 g/mol. The molecule has 0 amide bonds. The minimum absolute atomic E-state index is 0.0444. The van der Waals surface area contributed by atoms with Crippen LogP contribution in [0.5, 0.6) is 0 Å². The van der Waals surface area contributed by atoms with E-state index in [1.165, 1.54) is 17.6 Å². The highest BCUT2D eigenvalue weighted by Gasteiger charge is 2.47. The van der Waals surface area contributed by atoms with Crippen LogP contribution in [0.2, 0.25) is 0 Å². The molecule has 214 valence electrons. The maximum Gasteiger partial charge on any atom is 0.475 e. The van der Waals surface area contributed by atoms with Gasteiger partial charge in [-0.3, -0.25) is 23.3 Å². The molecule has 0 spiro atoms. The largest absolute Gasteiger partial charge is 0.475 e. The molecule has 5 atom stereocenters. The Labute approximate surface area is 233 Å². The number of alkyl halides is 1. The number of phosphoric ester groups is 1. The van der Waals surface area contributed by atoms with Crippen LogP contribution < -0.4 is 0 Å². The highest BCUT2D eigenvalue weighted by molar-refractivity contribution is 8.02. The number of rotatable bonds is 13. The maximum absolute atomic E-state index is 13.2. The van der Waals surface area contributed by atoms with Crippen molar-refractivity contribution in [1.82, 2.24) is 4.90 Å². The predicted octanol–water partition coefficient (Wildman–Crippen LogP) is 7.06. The highest BCUT2D eigenvalue weighted by atomic mass is 35.5. The van der Waals surface area contributed by atoms with Gasteiger partial charge in [0.05, 0.1) is 25.9 Å². The molecule has 0 aromatic carbocycles. The number of ether oxygens (including phenoxy) is 1. The molecule has 1 aliphatic heterocycles. The van der Waals surface area contributed by atoms with E-state index in [1.807, 2.05) is 0 Å². The Morgan fingerprint density at radius 2 is 1.84 bits per heavy atom. The molecule has 0 bridgehead atoms. The summed E-state index contributed by atoms with van der Waals surface area (Å²) in [5.74, 6) is 0.256. The van der Waals surface area contributed by atoms with Crippen molar-refractivity contribution in [1.29, 1.82) is 0 Å². The Hall–Kier alpha value is -0.340. The van der Waals surface area contributed by atoms with E-state index in [2.05, 4.69) is 31.6 Å². The molecule has 0 N–H and O–H groups in total. The zero-order valence-electron chi connectivity index (χ0n) is 23.8. The summed E-state index contributed by atoms with van der Waals surface area (Å²) in [4.78, 5) is 16.7. The number of allylic oxidation sites excluding steroid dienone is 1. The van der Waals surface area contributed by atoms with Crippen molar-refractivity contribution in [3.63, 3.8) is 0 Å². The quantitative estimate of drug-likeness (QED) is 0.0993. The smallest absolute Gasteiger partial charge is 0.468 e. The lowest BCUT2D eigenvalue weighted by Gasteiger charge is -2.47. The number of halogens is 1. The summed E-state index contributed by atoms with van der Waals surface area (Å²) in [6.45, 7) is 17.2. The second-order valence-electron chi connectivity index (χ2n) is 10.7. The molecular formula is C27H47ClNO6PS. The van der Waals surface area contributed by atoms with Gasteiger partial charge in [0.15, 0.2) is 0 Å². The molecule has 1 aliphatic carbocycles. The van der Waals surface area contributed by atoms with Gasteiger partial charge in [-0.25, -0.2) is 4.57 Å². The molecule has 10 heteroatoms. The van der Waals surface area contributed by atoms with Gasteiger partial charge in [0.25, 0.3) is 0 Å². The summed E-state index contributed by atoms with van der Waals surface area (Å²) < 4.78 is 35.2. The van der Waals surface area contributed by atoms with Crippen LogP contribution in [-0.2, 0) is 27.7 Å². The van der Waals surface area contributed by atoms with Crippen LogP contribution in [0, 0.1) is 17.8 Å². The zero-order valence-corrected chi connectivity index (χ0v) is 26.3. The summed E-state index contributed by atoms with van der Waals surface area (Å²) in [7, 11) is -2.23. The number of nitrogens with zero attached hydrogens (tertiary/aromatic N) is 1. The third kappa shape index (κ3) is 9.09. The van der Waals surface area contributed by atoms with Crippen LogP contribution in [-0.4, -0.2) is 67.6 Å². The van der Waals surface area contributed by atoms with Crippen molar-refractivity contribution >= 4 is 37.2 Å². The second kappa shape index (κ2) is 14.9. The van der Waals surface area contributed by atoms with E-state index >= 15 is 0 Å². The minimum atomic E-state index is -3.68. The number of esters is 1. The van der Waals surface area contributed by atoms with E-state index in [0.717, 1.165) is 31.4 Å². The van der Waals surface area contributed by atoms with Crippen molar-refractivity contribution in [2.24, 2.45) is 17.8 Å². The molecule has 2 rings (SSSR count). The summed E-state index contributed by atoms with van der Waals surface area (Å²) in [5.41, 5.74) is 2.31. The molecule has 0 saturated heterocycles. The van der Waals surface area contributed by atoms with Crippen LogP contribution >= 0.6 is 31.2 Å². The standard InChI is InChI=1S/C27H47ClNO6PS/c1-17(2)22-10-11-23(28)25(20(22)7)26(27(30)32-8)29-14-12-24(37-9)21(16-29)13-15-33-36(31,34-18(3)4)35-19(5)6/h18-20,22-23,25-26H,1,10-16H2,2-9H3/t20?,22?,23?,25-,26+/m1/s1. The number of carbonyl (C=O) groups excluding carboxylic acids is 1. The number of methoxy groups -OCH3 is 1. The van der Waals surface area contributed by atoms with E-state index in [0.29, 0.717) is 18.9 Å². The zero-order chi connectivity index (χ0) is 27.9. The normalized spacial score (nSPS) is 26.6. The van der Waals surface area contributed by atoms with Crippen molar-refractivity contribution in [3.8, 4) is 0 Å². The molecule has 3 unspecified atom stereocenters. The average molecular weight is 580 g/mol. The van der Waals surface area contributed by atoms with Crippen LogP contribution in [0.3, 0.4) is 0 Å². The Balaban J connectivity index is 2.23. The topological polar surface area (TPSA) is 74.3 Å². The van der Waals surface area contributed by atoms with Gasteiger partial charge < -0.3 is 4.74 Å². The van der Waals surface area contributed by atoms with E-state index in [-0.39, 0.29) is 42.0 Å². The predicted molar refractivity (Wildman–Crippen MR) is 153 cm³/mol. The first-order chi connectivity index (χ1) is 17.3. The second-order valence-corrected chi connectivity index (χ2v) is 13.8. The van der Waals surface area contributed by atoms with E-state index in [1.54, 1.807) is 39.5 Å². The molecule has 1 heterocycles. The van der Waals surface area contributed by atoms with Crippen LogP contribution in [0.1, 0.15) is 67.2 Å². The lowest BCUT2D eigenvalue weighted by Crippen LogP contribution is -2.55. The molecule has 1 saturated carbocycles. The average Bonchev–Trinajstić information content (AvgIpc) is 2.79. The van der Waals surface area contributed by atoms with Crippen LogP contribution in [0.15, 0.2) is 22.6 Å². The first-order valence-corrected chi connectivity index (χ1v) is 16.4. The van der Waals surface area contributed by atoms with Gasteiger partial charge in [0.2, 0.25) is 0 Å². The number of hydrogen-bond donors (Lipinski definition) is 0. The van der Waals surface area contributed by atoms with Crippen molar-refractivity contribution in [3.05, 3.63) is 22.6 Å². The fourth-order valence-corrected chi connectivity index (χ4v) is 8.43. The first-order valence-electron chi connectivity index (χ1n) is 13.3. The third-order valence-electron chi connectivity index (χ3n) is 7.24. The molecule has 7 nitrogen and oxygen atoms in total. The van der Waals surface area contributed by atoms with Gasteiger partial charge >= 0.3 is 13.8 Å². The van der Waals surface area contributed by atoms with Gasteiger partial charge in [0, 0.05) is 24.4 Å². The number of hydrogen-bond acceptors (Lipinski definition) is 8. The van der Waals surface area contributed by atoms with Gasteiger partial charge in [-0.2, -0.15) is 0 Å². The van der Waals surface area contributed by atoms with Gasteiger partial charge in [0.1, 0.15) is 6.04 Å². The maximum atomic E-state index is 13.2. The molecule has 1 fully saturated rings. The Kier molecular flexibility index (Phi) is 13.2. The first kappa shape index (κ1) is 32.9. The minimum Gasteiger partial charge on any atom is -0.468 e. The molecule has 2 aliphatic rings. The third-order valence-corrected chi connectivity index (χ3v) is 10.6. The lowest BCUT2D eigenvalue weighted by atomic mass is 9.67. The van der Waals surface area contributed by atoms with E-state index in [9.17, 15) is 9.36 Å². The fraction of sp³-hybridized carbons (Fsp3) is 0.815. The van der Waals surface area contributed by atoms with Gasteiger partial charge in [-0.05, 0) is 88.9 Å². The molecule has 0 radical (unpaired) electrons. The number of carbonyl (C=O) groups is 1. The van der Waals surface area contributed by atoms with Crippen LogP contribution in [0.25, 0.3) is 0 Å². The Morgan fingerprint density at radius 3 is 2.35 bits per heavy atom. The van der Waals surface area contributed by atoms with Crippen molar-refractivity contribution < 1.29 is 27.7 Å². The molecule has 0 aromatic rings. The van der Waals surface area contributed by atoms with E-state index < -0.39 is 13.9 Å². The van der Waals surface area contributed by atoms with Crippen molar-refractivity contribution in [2.45, 2.75) is 90.9 Å². The van der Waals surface area contributed by atoms with Crippen molar-refractivity contribution in [2.75, 3.05) is 33.1 Å². The van der Waals surface area contributed by atoms with E-state index in [4.69, 9.17) is 29.9 Å². The Morgan fingerprint density at radius 1 is 1.22 bits per heavy atom. The monoisotopic (exact) mass is 579 g/mol. The Bertz CT molecular complexity index is 852. The summed E-state index contributed by atoms with van der Waals surface area (Å²) >= 11 is 8.63. The number of thioether (sulfide) groups is 1.